The van der Waals surface area contributed by atoms with Gasteiger partial charge in [0.1, 0.15) is 0 Å². The fraction of sp³-hybridized carbons (Fsp3) is 0.438. The van der Waals surface area contributed by atoms with Gasteiger partial charge in [0.15, 0.2) is 0 Å². The standard InChI is InChI=1S/C16H18N4O4/c1-18-10-11(9-17-18)13-8-14(20(21)22)16-12(2-5-24-16)15(13)19-3-6-23-7-4-19/h8-10H,2-7H2,1H3. The molecule has 24 heavy (non-hydrogen) atoms. The van der Waals surface area contributed by atoms with E-state index in [-0.39, 0.29) is 10.6 Å². The maximum absolute atomic E-state index is 11.5. The van der Waals surface area contributed by atoms with Crippen LogP contribution in [0.25, 0.3) is 11.1 Å². The van der Waals surface area contributed by atoms with Crippen molar-refractivity contribution < 1.29 is 14.4 Å². The largest absolute Gasteiger partial charge is 0.486 e. The number of hydrogen-bond acceptors (Lipinski definition) is 6. The lowest BCUT2D eigenvalue weighted by Gasteiger charge is -2.32. The molecule has 0 unspecified atom stereocenters. The van der Waals surface area contributed by atoms with Gasteiger partial charge in [-0.1, -0.05) is 0 Å². The third-order valence-corrected chi connectivity index (χ3v) is 4.47. The van der Waals surface area contributed by atoms with Crippen molar-refractivity contribution in [3.05, 3.63) is 34.1 Å². The van der Waals surface area contributed by atoms with Crippen molar-refractivity contribution in [3.63, 3.8) is 0 Å². The van der Waals surface area contributed by atoms with Crippen molar-refractivity contribution in [3.8, 4) is 16.9 Å². The highest BCUT2D eigenvalue weighted by atomic mass is 16.6. The summed E-state index contributed by atoms with van der Waals surface area (Å²) in [4.78, 5) is 13.4. The summed E-state index contributed by atoms with van der Waals surface area (Å²) in [5.41, 5.74) is 3.67. The number of anilines is 1. The number of aromatic nitrogens is 2. The second-order valence-corrected chi connectivity index (χ2v) is 5.96. The monoisotopic (exact) mass is 330 g/mol. The highest BCUT2D eigenvalue weighted by Crippen LogP contribution is 2.47. The molecule has 1 aromatic carbocycles. The summed E-state index contributed by atoms with van der Waals surface area (Å²) < 4.78 is 12.8. The van der Waals surface area contributed by atoms with Crippen molar-refractivity contribution >= 4 is 11.4 Å². The van der Waals surface area contributed by atoms with E-state index in [1.54, 1.807) is 16.9 Å². The highest BCUT2D eigenvalue weighted by Gasteiger charge is 2.32. The number of ether oxygens (including phenoxy) is 2. The molecule has 0 amide bonds. The van der Waals surface area contributed by atoms with Crippen molar-refractivity contribution in [1.29, 1.82) is 0 Å². The Labute approximate surface area is 138 Å². The van der Waals surface area contributed by atoms with E-state index in [0.29, 0.717) is 32.0 Å². The lowest BCUT2D eigenvalue weighted by Crippen LogP contribution is -2.37. The number of fused-ring (bicyclic) bond motifs is 1. The van der Waals surface area contributed by atoms with Crippen molar-refractivity contribution in [2.45, 2.75) is 6.42 Å². The Morgan fingerprint density at radius 1 is 1.29 bits per heavy atom. The molecule has 2 aromatic rings. The SMILES string of the molecule is Cn1cc(-c2cc([N+](=O)[O-])c3c(c2N2CCOCC2)CCO3)cn1. The van der Waals surface area contributed by atoms with E-state index >= 15 is 0 Å². The van der Waals surface area contributed by atoms with E-state index in [1.165, 1.54) is 0 Å². The Morgan fingerprint density at radius 3 is 2.75 bits per heavy atom. The molecule has 1 fully saturated rings. The number of benzene rings is 1. The quantitative estimate of drug-likeness (QED) is 0.630. The van der Waals surface area contributed by atoms with E-state index in [1.807, 2.05) is 13.2 Å². The highest BCUT2D eigenvalue weighted by molar-refractivity contribution is 5.86. The Balaban J connectivity index is 1.95. The van der Waals surface area contributed by atoms with Crippen LogP contribution in [-0.2, 0) is 18.2 Å². The van der Waals surface area contributed by atoms with E-state index < -0.39 is 0 Å². The molecule has 4 rings (SSSR count). The summed E-state index contributed by atoms with van der Waals surface area (Å²) in [6.07, 6.45) is 4.30. The van der Waals surface area contributed by atoms with Crippen LogP contribution in [0.2, 0.25) is 0 Å². The summed E-state index contributed by atoms with van der Waals surface area (Å²) in [5.74, 6) is 0.411. The molecule has 1 saturated heterocycles. The number of hydrogen-bond donors (Lipinski definition) is 0. The maximum Gasteiger partial charge on any atom is 0.311 e. The van der Waals surface area contributed by atoms with Crippen molar-refractivity contribution in [2.75, 3.05) is 37.8 Å². The molecule has 0 spiro atoms. The molecule has 8 heteroatoms. The molecule has 126 valence electrons. The molecule has 2 aliphatic rings. The van der Waals surface area contributed by atoms with Crippen LogP contribution in [0.15, 0.2) is 18.5 Å². The van der Waals surface area contributed by atoms with Crippen LogP contribution in [0.1, 0.15) is 5.56 Å². The summed E-state index contributed by atoms with van der Waals surface area (Å²) in [7, 11) is 1.84. The first-order valence-electron chi connectivity index (χ1n) is 7.94. The van der Waals surface area contributed by atoms with E-state index in [0.717, 1.165) is 35.5 Å². The van der Waals surface area contributed by atoms with Crippen molar-refractivity contribution in [1.82, 2.24) is 9.78 Å². The van der Waals surface area contributed by atoms with Gasteiger partial charge in [-0.25, -0.2) is 0 Å². The minimum Gasteiger partial charge on any atom is -0.486 e. The first-order valence-corrected chi connectivity index (χ1v) is 7.94. The second kappa shape index (κ2) is 5.79. The van der Waals surface area contributed by atoms with Crippen molar-refractivity contribution in [2.24, 2.45) is 7.05 Å². The fourth-order valence-electron chi connectivity index (χ4n) is 3.41. The first kappa shape index (κ1) is 14.9. The zero-order valence-electron chi connectivity index (χ0n) is 13.4. The molecular formula is C16H18N4O4. The summed E-state index contributed by atoms with van der Waals surface area (Å²) in [6, 6.07) is 1.62. The molecule has 0 saturated carbocycles. The Kier molecular flexibility index (Phi) is 3.61. The molecular weight excluding hydrogens is 312 g/mol. The van der Waals surface area contributed by atoms with Crippen LogP contribution in [0.5, 0.6) is 5.75 Å². The van der Waals surface area contributed by atoms with Gasteiger partial charge < -0.3 is 14.4 Å². The lowest BCUT2D eigenvalue weighted by atomic mass is 9.98. The Bertz CT molecular complexity index is 796. The van der Waals surface area contributed by atoms with Gasteiger partial charge in [0.2, 0.25) is 5.75 Å². The van der Waals surface area contributed by atoms with Gasteiger partial charge in [0.05, 0.1) is 36.6 Å². The molecule has 8 nitrogen and oxygen atoms in total. The average molecular weight is 330 g/mol. The van der Waals surface area contributed by atoms with E-state index in [2.05, 4.69) is 10.00 Å². The minimum absolute atomic E-state index is 0.0263. The number of nitro groups is 1. The normalized spacial score (nSPS) is 16.8. The van der Waals surface area contributed by atoms with Gasteiger partial charge in [-0.15, -0.1) is 0 Å². The number of nitro benzene ring substituents is 1. The van der Waals surface area contributed by atoms with Gasteiger partial charge in [-0.05, 0) is 0 Å². The van der Waals surface area contributed by atoms with Gasteiger partial charge >= 0.3 is 5.69 Å². The number of nitrogens with zero attached hydrogens (tertiary/aromatic N) is 4. The number of rotatable bonds is 3. The smallest absolute Gasteiger partial charge is 0.311 e. The predicted molar refractivity (Wildman–Crippen MR) is 87.5 cm³/mol. The number of aryl methyl sites for hydroxylation is 1. The molecule has 1 aromatic heterocycles. The molecule has 0 aliphatic carbocycles. The summed E-state index contributed by atoms with van der Waals surface area (Å²) >= 11 is 0. The van der Waals surface area contributed by atoms with Crippen LogP contribution in [0.3, 0.4) is 0 Å². The van der Waals surface area contributed by atoms with Crippen LogP contribution in [0, 0.1) is 10.1 Å². The van der Waals surface area contributed by atoms with Gasteiger partial charge in [-0.2, -0.15) is 5.10 Å². The van der Waals surface area contributed by atoms with E-state index in [4.69, 9.17) is 9.47 Å². The van der Waals surface area contributed by atoms with Crippen LogP contribution in [-0.4, -0.2) is 47.6 Å². The minimum atomic E-state index is -0.368. The second-order valence-electron chi connectivity index (χ2n) is 5.96. The molecule has 0 bridgehead atoms. The summed E-state index contributed by atoms with van der Waals surface area (Å²) in [6.45, 7) is 3.30. The Morgan fingerprint density at radius 2 is 2.08 bits per heavy atom. The summed E-state index contributed by atoms with van der Waals surface area (Å²) in [5, 5.41) is 15.7. The van der Waals surface area contributed by atoms with Gasteiger partial charge in [0, 0.05) is 55.5 Å². The number of morpholine rings is 1. The predicted octanol–water partition coefficient (Wildman–Crippen LogP) is 1.77. The van der Waals surface area contributed by atoms with Crippen LogP contribution >= 0.6 is 0 Å². The fourth-order valence-corrected chi connectivity index (χ4v) is 3.41. The molecule has 3 heterocycles. The first-order chi connectivity index (χ1) is 11.6. The van der Waals surface area contributed by atoms with Crippen LogP contribution in [0.4, 0.5) is 11.4 Å². The lowest BCUT2D eigenvalue weighted by molar-refractivity contribution is -0.385. The zero-order valence-corrected chi connectivity index (χ0v) is 13.4. The zero-order chi connectivity index (χ0) is 16.7. The third-order valence-electron chi connectivity index (χ3n) is 4.47. The Hall–Kier alpha value is -2.61. The van der Waals surface area contributed by atoms with Crippen LogP contribution < -0.4 is 9.64 Å². The molecule has 0 radical (unpaired) electrons. The molecule has 0 atom stereocenters. The van der Waals surface area contributed by atoms with Gasteiger partial charge in [0.25, 0.3) is 0 Å². The molecule has 2 aliphatic heterocycles. The average Bonchev–Trinajstić information content (AvgIpc) is 3.22. The molecule has 0 N–H and O–H groups in total. The van der Waals surface area contributed by atoms with E-state index in [9.17, 15) is 10.1 Å². The maximum atomic E-state index is 11.5. The van der Waals surface area contributed by atoms with Gasteiger partial charge in [-0.3, -0.25) is 14.8 Å². The topological polar surface area (TPSA) is 82.7 Å². The third kappa shape index (κ3) is 2.39.